The van der Waals surface area contributed by atoms with Crippen LogP contribution >= 0.6 is 22.7 Å². The molecule has 0 spiro atoms. The van der Waals surface area contributed by atoms with Gasteiger partial charge in [-0.2, -0.15) is 0 Å². The van der Waals surface area contributed by atoms with Crippen molar-refractivity contribution in [2.75, 3.05) is 0 Å². The minimum Gasteiger partial charge on any atom is -0.135 e. The molecular weight excluding hydrogens is 581 g/mol. The van der Waals surface area contributed by atoms with Crippen molar-refractivity contribution in [3.05, 3.63) is 145 Å². The van der Waals surface area contributed by atoms with E-state index in [9.17, 15) is 0 Å². The summed E-state index contributed by atoms with van der Waals surface area (Å²) < 4.78 is 5.40. The van der Waals surface area contributed by atoms with E-state index < -0.39 is 0 Å². The first-order chi connectivity index (χ1) is 22.2. The summed E-state index contributed by atoms with van der Waals surface area (Å²) in [6, 6.07) is 52.3. The van der Waals surface area contributed by atoms with Crippen molar-refractivity contribution in [3.63, 3.8) is 0 Å². The van der Waals surface area contributed by atoms with Crippen LogP contribution in [0.3, 0.4) is 0 Å². The van der Waals surface area contributed by atoms with E-state index in [2.05, 4.69) is 146 Å². The van der Waals surface area contributed by atoms with Gasteiger partial charge in [0.05, 0.1) is 0 Å². The predicted molar refractivity (Wildman–Crippen MR) is 200 cm³/mol. The van der Waals surface area contributed by atoms with Gasteiger partial charge in [0.15, 0.2) is 0 Å². The van der Waals surface area contributed by atoms with E-state index >= 15 is 0 Å². The highest BCUT2D eigenvalue weighted by molar-refractivity contribution is 7.26. The molecule has 2 heterocycles. The van der Waals surface area contributed by atoms with Gasteiger partial charge in [-0.25, -0.2) is 0 Å². The van der Waals surface area contributed by atoms with Crippen LogP contribution in [-0.2, 0) is 0 Å². The minimum absolute atomic E-state index is 1.26. The lowest BCUT2D eigenvalue weighted by atomic mass is 9.85. The highest BCUT2D eigenvalue weighted by Gasteiger charge is 2.18. The minimum atomic E-state index is 1.26. The van der Waals surface area contributed by atoms with E-state index in [-0.39, 0.29) is 0 Å². The summed E-state index contributed by atoms with van der Waals surface area (Å²) in [5.74, 6) is 0. The molecular formula is C43H26S2. The second-order valence-electron chi connectivity index (χ2n) is 12.2. The van der Waals surface area contributed by atoms with Gasteiger partial charge >= 0.3 is 0 Å². The number of hydrogen-bond acceptors (Lipinski definition) is 2. The maximum Gasteiger partial charge on any atom is 0.0361 e. The predicted octanol–water partition coefficient (Wildman–Crippen LogP) is 13.5. The number of hydrogen-bond donors (Lipinski definition) is 0. The smallest absolute Gasteiger partial charge is 0.0361 e. The summed E-state index contributed by atoms with van der Waals surface area (Å²) in [4.78, 5) is 0. The highest BCUT2D eigenvalue weighted by atomic mass is 32.1. The number of fused-ring (bicyclic) bond motifs is 9. The van der Waals surface area contributed by atoms with Crippen molar-refractivity contribution in [1.82, 2.24) is 0 Å². The van der Waals surface area contributed by atoms with Crippen molar-refractivity contribution in [1.29, 1.82) is 0 Å². The lowest BCUT2D eigenvalue weighted by molar-refractivity contribution is 1.51. The van der Waals surface area contributed by atoms with E-state index in [4.69, 9.17) is 0 Å². The molecule has 0 N–H and O–H groups in total. The maximum absolute atomic E-state index is 2.43. The van der Waals surface area contributed by atoms with E-state index in [0.717, 1.165) is 0 Å². The lowest BCUT2D eigenvalue weighted by Crippen LogP contribution is -1.91. The van der Waals surface area contributed by atoms with Gasteiger partial charge in [0, 0.05) is 40.3 Å². The second kappa shape index (κ2) is 9.49. The summed E-state index contributed by atoms with van der Waals surface area (Å²) in [5.41, 5.74) is 6.44. The summed E-state index contributed by atoms with van der Waals surface area (Å²) in [7, 11) is 0. The Morgan fingerprint density at radius 1 is 0.333 bits per heavy atom. The molecule has 0 saturated heterocycles. The van der Waals surface area contributed by atoms with E-state index in [1.54, 1.807) is 0 Å². The van der Waals surface area contributed by atoms with Crippen LogP contribution in [0.1, 0.15) is 5.56 Å². The molecule has 0 atom stereocenters. The first-order valence-electron chi connectivity index (χ1n) is 15.4. The van der Waals surface area contributed by atoms with Gasteiger partial charge in [-0.15, -0.1) is 22.7 Å². The average molecular weight is 607 g/mol. The van der Waals surface area contributed by atoms with Crippen LogP contribution in [0, 0.1) is 6.92 Å². The van der Waals surface area contributed by atoms with Gasteiger partial charge in [-0.1, -0.05) is 109 Å². The van der Waals surface area contributed by atoms with Crippen LogP contribution in [0.5, 0.6) is 0 Å². The molecule has 10 aromatic rings. The number of benzene rings is 8. The Morgan fingerprint density at radius 3 is 1.62 bits per heavy atom. The fraction of sp³-hybridized carbons (Fsp3) is 0.0233. The molecule has 0 amide bonds. The number of rotatable bonds is 2. The zero-order valence-electron chi connectivity index (χ0n) is 24.6. The molecule has 0 nitrogen and oxygen atoms in total. The Kier molecular flexibility index (Phi) is 5.34. The molecule has 0 unspecified atom stereocenters. The number of aryl methyl sites for hydroxylation is 1. The highest BCUT2D eigenvalue weighted by Crippen LogP contribution is 2.46. The zero-order chi connectivity index (χ0) is 29.6. The van der Waals surface area contributed by atoms with Crippen molar-refractivity contribution in [2.45, 2.75) is 6.92 Å². The molecule has 2 aromatic heterocycles. The van der Waals surface area contributed by atoms with Crippen molar-refractivity contribution in [3.8, 4) is 22.3 Å². The van der Waals surface area contributed by atoms with Crippen LogP contribution in [0.25, 0.3) is 94.9 Å². The third-order valence-electron chi connectivity index (χ3n) is 9.46. The normalized spacial score (nSPS) is 12.1. The van der Waals surface area contributed by atoms with Crippen LogP contribution in [0.4, 0.5) is 0 Å². The van der Waals surface area contributed by atoms with E-state index in [1.165, 1.54) is 100 Å². The third-order valence-corrected chi connectivity index (χ3v) is 11.7. The molecule has 0 bridgehead atoms. The largest absolute Gasteiger partial charge is 0.135 e. The molecule has 0 saturated carbocycles. The van der Waals surface area contributed by atoms with Crippen LogP contribution < -0.4 is 0 Å². The molecule has 0 fully saturated rings. The molecule has 45 heavy (non-hydrogen) atoms. The zero-order valence-corrected chi connectivity index (χ0v) is 26.2. The van der Waals surface area contributed by atoms with Crippen LogP contribution in [0.2, 0.25) is 0 Å². The van der Waals surface area contributed by atoms with Crippen molar-refractivity contribution >= 4 is 95.3 Å². The van der Waals surface area contributed by atoms with Crippen LogP contribution in [-0.4, -0.2) is 0 Å². The first kappa shape index (κ1) is 25.3. The molecule has 0 radical (unpaired) electrons. The van der Waals surface area contributed by atoms with E-state index in [1.807, 2.05) is 22.7 Å². The fourth-order valence-electron chi connectivity index (χ4n) is 7.42. The summed E-state index contributed by atoms with van der Waals surface area (Å²) in [6.07, 6.45) is 0. The molecule has 2 heteroatoms. The Balaban J connectivity index is 1.23. The van der Waals surface area contributed by atoms with Gasteiger partial charge in [-0.3, -0.25) is 0 Å². The van der Waals surface area contributed by atoms with Gasteiger partial charge in [0.25, 0.3) is 0 Å². The molecule has 10 rings (SSSR count). The van der Waals surface area contributed by atoms with Crippen molar-refractivity contribution in [2.24, 2.45) is 0 Å². The Labute approximate surface area is 268 Å². The molecule has 0 aliphatic heterocycles. The van der Waals surface area contributed by atoms with Gasteiger partial charge in [0.1, 0.15) is 0 Å². The molecule has 0 aliphatic carbocycles. The molecule has 0 aliphatic rings. The standard InChI is InChI=1S/C43H26S2/c1-25-15-17-34-37(19-25)42(26-9-3-2-4-10-26)32-12-5-6-13-33(32)43(34)27-16-18-31-36-21-28-20-35-30-11-7-8-14-38(30)44-40(35)23-29(28)24-41(36)45-39(31)22-27/h2-24H,1H3. The Bertz CT molecular complexity index is 2810. The van der Waals surface area contributed by atoms with E-state index in [0.29, 0.717) is 0 Å². The summed E-state index contributed by atoms with van der Waals surface area (Å²) in [6.45, 7) is 2.20. The average Bonchev–Trinajstić information content (AvgIpc) is 3.61. The number of thiophene rings is 2. The van der Waals surface area contributed by atoms with Gasteiger partial charge in [-0.05, 0) is 97.9 Å². The quantitative estimate of drug-likeness (QED) is 0.172. The van der Waals surface area contributed by atoms with Gasteiger partial charge < -0.3 is 0 Å². The molecule has 8 aromatic carbocycles. The van der Waals surface area contributed by atoms with Gasteiger partial charge in [0.2, 0.25) is 0 Å². The topological polar surface area (TPSA) is 0 Å². The Morgan fingerprint density at radius 2 is 0.867 bits per heavy atom. The Hall–Kier alpha value is -5.02. The lowest BCUT2D eigenvalue weighted by Gasteiger charge is -2.18. The summed E-state index contributed by atoms with van der Waals surface area (Å²) >= 11 is 3.80. The van der Waals surface area contributed by atoms with Crippen molar-refractivity contribution < 1.29 is 0 Å². The SMILES string of the molecule is Cc1ccc2c(-c3ccc4c(c3)sc3cc5cc6sc7ccccc7c6cc5cc34)c3ccccc3c(-c3ccccc3)c2c1. The first-order valence-corrected chi connectivity index (χ1v) is 17.1. The monoisotopic (exact) mass is 606 g/mol. The second-order valence-corrected chi connectivity index (χ2v) is 14.3. The fourth-order valence-corrected chi connectivity index (χ4v) is 9.73. The molecule has 210 valence electrons. The summed E-state index contributed by atoms with van der Waals surface area (Å²) in [5, 5.41) is 13.2. The third kappa shape index (κ3) is 3.77. The maximum atomic E-state index is 2.43. The van der Waals surface area contributed by atoms with Crippen LogP contribution in [0.15, 0.2) is 140 Å².